The van der Waals surface area contributed by atoms with Crippen molar-refractivity contribution in [2.45, 2.75) is 13.5 Å². The number of anilines is 2. The lowest BCUT2D eigenvalue weighted by Crippen LogP contribution is -2.24. The number of hydrogen-bond acceptors (Lipinski definition) is 4. The number of carbonyl (C=O) groups excluding carboxylic acids is 1. The number of rotatable bonds is 5. The number of halogens is 2. The van der Waals surface area contributed by atoms with E-state index < -0.39 is 11.6 Å². The molecule has 0 aliphatic carbocycles. The van der Waals surface area contributed by atoms with Crippen LogP contribution in [0, 0.1) is 18.6 Å². The van der Waals surface area contributed by atoms with Crippen LogP contribution in [0.4, 0.5) is 20.4 Å². The molecule has 26 heavy (non-hydrogen) atoms. The molecule has 0 fully saturated rings. The number of amides is 1. The molecule has 2 aromatic carbocycles. The summed E-state index contributed by atoms with van der Waals surface area (Å²) < 4.78 is 26.2. The molecular formula is C19H16F2N4O. The monoisotopic (exact) mass is 354 g/mol. The molecule has 2 N–H and O–H groups in total. The van der Waals surface area contributed by atoms with Crippen LogP contribution in [-0.4, -0.2) is 15.9 Å². The zero-order chi connectivity index (χ0) is 18.5. The Balaban J connectivity index is 1.69. The highest BCUT2D eigenvalue weighted by atomic mass is 19.2. The van der Waals surface area contributed by atoms with E-state index in [1.807, 2.05) is 31.2 Å². The highest BCUT2D eigenvalue weighted by Crippen LogP contribution is 2.16. The first-order chi connectivity index (χ1) is 12.5. The van der Waals surface area contributed by atoms with Gasteiger partial charge < -0.3 is 10.6 Å². The molecule has 3 aromatic rings. The fraction of sp³-hybridized carbons (Fsp3) is 0.105. The summed E-state index contributed by atoms with van der Waals surface area (Å²) in [5, 5.41) is 5.54. The van der Waals surface area contributed by atoms with Gasteiger partial charge in [-0.1, -0.05) is 24.3 Å². The molecule has 1 aromatic heterocycles. The molecule has 0 atom stereocenters. The molecule has 1 heterocycles. The molecule has 0 bridgehead atoms. The summed E-state index contributed by atoms with van der Waals surface area (Å²) in [5.41, 5.74) is 2.53. The van der Waals surface area contributed by atoms with Crippen molar-refractivity contribution in [2.75, 3.05) is 5.32 Å². The highest BCUT2D eigenvalue weighted by Gasteiger charge is 2.10. The third kappa shape index (κ3) is 4.18. The average molecular weight is 354 g/mol. The minimum absolute atomic E-state index is 0.111. The standard InChI is InChI=1S/C19H16F2N4O/c1-12-4-2-3-5-13(12)11-23-18(26)17-8-9-22-19(25-17)24-14-6-7-15(20)16(21)10-14/h2-10H,11H2,1H3,(H,23,26)(H,22,24,25). The normalized spacial score (nSPS) is 10.4. The number of carbonyl (C=O) groups is 1. The molecule has 1 amide bonds. The molecule has 3 rings (SSSR count). The van der Waals surface area contributed by atoms with Gasteiger partial charge in [0.25, 0.3) is 5.91 Å². The van der Waals surface area contributed by atoms with Crippen molar-refractivity contribution in [3.63, 3.8) is 0 Å². The maximum atomic E-state index is 13.3. The van der Waals surface area contributed by atoms with E-state index >= 15 is 0 Å². The second kappa shape index (κ2) is 7.69. The van der Waals surface area contributed by atoms with Gasteiger partial charge in [-0.3, -0.25) is 4.79 Å². The first-order valence-corrected chi connectivity index (χ1v) is 7.91. The summed E-state index contributed by atoms with van der Waals surface area (Å²) in [6.07, 6.45) is 1.41. The van der Waals surface area contributed by atoms with Crippen LogP contribution in [0.3, 0.4) is 0 Å². The molecule has 0 spiro atoms. The summed E-state index contributed by atoms with van der Waals surface area (Å²) in [6.45, 7) is 2.34. The van der Waals surface area contributed by atoms with Gasteiger partial charge in [0.05, 0.1) is 0 Å². The van der Waals surface area contributed by atoms with Gasteiger partial charge in [0.15, 0.2) is 11.6 Å². The quantitative estimate of drug-likeness (QED) is 0.733. The molecule has 0 aliphatic heterocycles. The third-order valence-corrected chi connectivity index (χ3v) is 3.76. The maximum Gasteiger partial charge on any atom is 0.270 e. The maximum absolute atomic E-state index is 13.3. The van der Waals surface area contributed by atoms with E-state index in [9.17, 15) is 13.6 Å². The summed E-state index contributed by atoms with van der Waals surface area (Å²) in [4.78, 5) is 20.4. The third-order valence-electron chi connectivity index (χ3n) is 3.76. The van der Waals surface area contributed by atoms with Crippen LogP contribution in [0.25, 0.3) is 0 Å². The first-order valence-electron chi connectivity index (χ1n) is 7.91. The first kappa shape index (κ1) is 17.5. The Labute approximate surface area is 149 Å². The predicted molar refractivity (Wildman–Crippen MR) is 94.0 cm³/mol. The van der Waals surface area contributed by atoms with Gasteiger partial charge in [0.2, 0.25) is 5.95 Å². The van der Waals surface area contributed by atoms with Crippen LogP contribution in [-0.2, 0) is 6.54 Å². The lowest BCUT2D eigenvalue weighted by atomic mass is 10.1. The van der Waals surface area contributed by atoms with Gasteiger partial charge in [-0.25, -0.2) is 18.7 Å². The Morgan fingerprint density at radius 2 is 1.88 bits per heavy atom. The van der Waals surface area contributed by atoms with E-state index in [0.717, 1.165) is 23.3 Å². The van der Waals surface area contributed by atoms with Crippen molar-refractivity contribution in [2.24, 2.45) is 0 Å². The van der Waals surface area contributed by atoms with Crippen molar-refractivity contribution in [1.29, 1.82) is 0 Å². The molecule has 7 heteroatoms. The SMILES string of the molecule is Cc1ccccc1CNC(=O)c1ccnc(Nc2ccc(F)c(F)c2)n1. The summed E-state index contributed by atoms with van der Waals surface area (Å²) >= 11 is 0. The Kier molecular flexibility index (Phi) is 5.17. The summed E-state index contributed by atoms with van der Waals surface area (Å²) in [5.74, 6) is -2.17. The van der Waals surface area contributed by atoms with E-state index in [4.69, 9.17) is 0 Å². The Morgan fingerprint density at radius 3 is 2.65 bits per heavy atom. The van der Waals surface area contributed by atoms with Gasteiger partial charge in [-0.2, -0.15) is 0 Å². The molecule has 0 aliphatic rings. The Morgan fingerprint density at radius 1 is 1.08 bits per heavy atom. The molecule has 0 unspecified atom stereocenters. The van der Waals surface area contributed by atoms with Gasteiger partial charge in [0, 0.05) is 24.5 Å². The topological polar surface area (TPSA) is 66.9 Å². The lowest BCUT2D eigenvalue weighted by Gasteiger charge is -2.09. The Bertz CT molecular complexity index is 946. The van der Waals surface area contributed by atoms with Crippen LogP contribution in [0.15, 0.2) is 54.7 Å². The number of benzene rings is 2. The Hall–Kier alpha value is -3.35. The molecule has 0 saturated carbocycles. The van der Waals surface area contributed by atoms with Gasteiger partial charge >= 0.3 is 0 Å². The highest BCUT2D eigenvalue weighted by molar-refractivity contribution is 5.92. The summed E-state index contributed by atoms with van der Waals surface area (Å²) in [6, 6.07) is 12.6. The second-order valence-electron chi connectivity index (χ2n) is 5.63. The van der Waals surface area contributed by atoms with E-state index in [1.54, 1.807) is 0 Å². The van der Waals surface area contributed by atoms with Crippen molar-refractivity contribution in [3.8, 4) is 0 Å². The smallest absolute Gasteiger partial charge is 0.270 e. The minimum Gasteiger partial charge on any atom is -0.347 e. The summed E-state index contributed by atoms with van der Waals surface area (Å²) in [7, 11) is 0. The number of hydrogen-bond donors (Lipinski definition) is 2. The van der Waals surface area contributed by atoms with E-state index in [0.29, 0.717) is 6.54 Å². The average Bonchev–Trinajstić information content (AvgIpc) is 2.64. The van der Waals surface area contributed by atoms with Crippen LogP contribution >= 0.6 is 0 Å². The largest absolute Gasteiger partial charge is 0.347 e. The zero-order valence-electron chi connectivity index (χ0n) is 14.0. The van der Waals surface area contributed by atoms with E-state index in [2.05, 4.69) is 20.6 Å². The van der Waals surface area contributed by atoms with Gasteiger partial charge in [-0.15, -0.1) is 0 Å². The molecule has 0 saturated heterocycles. The van der Waals surface area contributed by atoms with Crippen LogP contribution in [0.5, 0.6) is 0 Å². The number of aromatic nitrogens is 2. The van der Waals surface area contributed by atoms with E-state index in [-0.39, 0.29) is 23.2 Å². The number of aryl methyl sites for hydroxylation is 1. The van der Waals surface area contributed by atoms with Gasteiger partial charge in [0.1, 0.15) is 5.69 Å². The number of nitrogens with one attached hydrogen (secondary N) is 2. The molecular weight excluding hydrogens is 338 g/mol. The molecule has 5 nitrogen and oxygen atoms in total. The van der Waals surface area contributed by atoms with E-state index in [1.165, 1.54) is 18.3 Å². The fourth-order valence-corrected chi connectivity index (χ4v) is 2.32. The predicted octanol–water partition coefficient (Wildman–Crippen LogP) is 3.74. The minimum atomic E-state index is -0.984. The van der Waals surface area contributed by atoms with Crippen LogP contribution in [0.2, 0.25) is 0 Å². The van der Waals surface area contributed by atoms with Crippen molar-refractivity contribution in [3.05, 3.63) is 83.2 Å². The second-order valence-corrected chi connectivity index (χ2v) is 5.63. The van der Waals surface area contributed by atoms with Crippen molar-refractivity contribution in [1.82, 2.24) is 15.3 Å². The zero-order valence-corrected chi connectivity index (χ0v) is 14.0. The molecule has 132 valence electrons. The van der Waals surface area contributed by atoms with Crippen molar-refractivity contribution < 1.29 is 13.6 Å². The van der Waals surface area contributed by atoms with Crippen molar-refractivity contribution >= 4 is 17.5 Å². The fourth-order valence-electron chi connectivity index (χ4n) is 2.32. The lowest BCUT2D eigenvalue weighted by molar-refractivity contribution is 0.0946. The van der Waals surface area contributed by atoms with Gasteiger partial charge in [-0.05, 0) is 36.2 Å². The van der Waals surface area contributed by atoms with Crippen LogP contribution < -0.4 is 10.6 Å². The molecule has 0 radical (unpaired) electrons. The van der Waals surface area contributed by atoms with Crippen LogP contribution in [0.1, 0.15) is 21.6 Å². The number of nitrogens with zero attached hydrogens (tertiary/aromatic N) is 2.